The molecular weight excluding hydrogens is 278 g/mol. The molecule has 0 radical (unpaired) electrons. The van der Waals surface area contributed by atoms with Crippen LogP contribution in [0.2, 0.25) is 0 Å². The number of hydrogen-bond donors (Lipinski definition) is 1. The number of anilines is 1. The third-order valence-electron chi connectivity index (χ3n) is 4.06. The van der Waals surface area contributed by atoms with Crippen molar-refractivity contribution < 1.29 is 0 Å². The number of benzene rings is 3. The van der Waals surface area contributed by atoms with E-state index >= 15 is 0 Å². The van der Waals surface area contributed by atoms with Crippen molar-refractivity contribution in [3.05, 3.63) is 78.9 Å². The molecule has 0 bridgehead atoms. The van der Waals surface area contributed by atoms with Crippen molar-refractivity contribution in [1.82, 2.24) is 0 Å². The molecule has 0 atom stereocenters. The van der Waals surface area contributed by atoms with Gasteiger partial charge in [0.2, 0.25) is 0 Å². The molecule has 0 amide bonds. The maximum atomic E-state index is 3.62. The van der Waals surface area contributed by atoms with Gasteiger partial charge in [0.25, 0.3) is 0 Å². The standard InChI is InChI=1S/C22H23N/c1-2-3-17-23-21-16-10-15-20(18-11-6-4-7-12-18)22(21)19-13-8-5-9-14-19/h4-16,23H,2-3,17H2,1H3. The van der Waals surface area contributed by atoms with Crippen molar-refractivity contribution in [3.63, 3.8) is 0 Å². The molecule has 0 aliphatic rings. The van der Waals surface area contributed by atoms with E-state index in [0.717, 1.165) is 6.54 Å². The second-order valence-corrected chi connectivity index (χ2v) is 5.74. The summed E-state index contributed by atoms with van der Waals surface area (Å²) in [6.07, 6.45) is 2.38. The van der Waals surface area contributed by atoms with Gasteiger partial charge in [-0.1, -0.05) is 86.1 Å². The van der Waals surface area contributed by atoms with E-state index < -0.39 is 0 Å². The lowest BCUT2D eigenvalue weighted by atomic mass is 9.93. The van der Waals surface area contributed by atoms with E-state index in [2.05, 4.69) is 91.1 Å². The van der Waals surface area contributed by atoms with Crippen molar-refractivity contribution in [2.45, 2.75) is 19.8 Å². The Bertz CT molecular complexity index is 732. The molecule has 0 unspecified atom stereocenters. The van der Waals surface area contributed by atoms with E-state index in [9.17, 15) is 0 Å². The average Bonchev–Trinajstić information content (AvgIpc) is 2.63. The monoisotopic (exact) mass is 301 g/mol. The van der Waals surface area contributed by atoms with E-state index in [0.29, 0.717) is 0 Å². The molecule has 0 fully saturated rings. The number of hydrogen-bond acceptors (Lipinski definition) is 1. The van der Waals surface area contributed by atoms with Crippen LogP contribution in [0, 0.1) is 0 Å². The molecule has 0 heterocycles. The molecule has 0 aromatic heterocycles. The van der Waals surface area contributed by atoms with E-state index in [4.69, 9.17) is 0 Å². The van der Waals surface area contributed by atoms with Gasteiger partial charge in [-0.25, -0.2) is 0 Å². The molecular formula is C22H23N. The van der Waals surface area contributed by atoms with E-state index in [1.54, 1.807) is 0 Å². The van der Waals surface area contributed by atoms with Crippen LogP contribution in [0.25, 0.3) is 22.3 Å². The smallest absolute Gasteiger partial charge is 0.0426 e. The second kappa shape index (κ2) is 7.64. The maximum absolute atomic E-state index is 3.62. The summed E-state index contributed by atoms with van der Waals surface area (Å²) in [4.78, 5) is 0. The Labute approximate surface area is 139 Å². The molecule has 1 N–H and O–H groups in total. The Balaban J connectivity index is 2.10. The molecule has 0 saturated heterocycles. The lowest BCUT2D eigenvalue weighted by Crippen LogP contribution is -2.03. The van der Waals surface area contributed by atoms with Gasteiger partial charge in [0.1, 0.15) is 0 Å². The predicted octanol–water partition coefficient (Wildman–Crippen LogP) is 6.23. The van der Waals surface area contributed by atoms with Crippen molar-refractivity contribution >= 4 is 5.69 Å². The van der Waals surface area contributed by atoms with Gasteiger partial charge in [0.15, 0.2) is 0 Å². The van der Waals surface area contributed by atoms with Crippen LogP contribution in [0.3, 0.4) is 0 Å². The molecule has 1 heteroatoms. The first-order chi connectivity index (χ1) is 11.4. The lowest BCUT2D eigenvalue weighted by Gasteiger charge is -2.17. The first kappa shape index (κ1) is 15.4. The van der Waals surface area contributed by atoms with Crippen LogP contribution in [0.15, 0.2) is 78.9 Å². The van der Waals surface area contributed by atoms with Gasteiger partial charge in [-0.2, -0.15) is 0 Å². The van der Waals surface area contributed by atoms with E-state index in [1.807, 2.05) is 0 Å². The normalized spacial score (nSPS) is 10.5. The van der Waals surface area contributed by atoms with Crippen LogP contribution in [0.1, 0.15) is 19.8 Å². The molecule has 1 nitrogen and oxygen atoms in total. The first-order valence-electron chi connectivity index (χ1n) is 8.38. The SMILES string of the molecule is CCCCNc1cccc(-c2ccccc2)c1-c1ccccc1. The summed E-state index contributed by atoms with van der Waals surface area (Å²) in [5.41, 5.74) is 6.29. The Morgan fingerprint density at radius 2 is 1.35 bits per heavy atom. The van der Waals surface area contributed by atoms with Crippen molar-refractivity contribution in [2.75, 3.05) is 11.9 Å². The molecule has 3 aromatic rings. The van der Waals surface area contributed by atoms with Crippen LogP contribution in [0.5, 0.6) is 0 Å². The van der Waals surface area contributed by atoms with Gasteiger partial charge >= 0.3 is 0 Å². The predicted molar refractivity (Wildman–Crippen MR) is 101 cm³/mol. The van der Waals surface area contributed by atoms with Crippen LogP contribution in [-0.2, 0) is 0 Å². The zero-order chi connectivity index (χ0) is 15.9. The third-order valence-corrected chi connectivity index (χ3v) is 4.06. The molecule has 23 heavy (non-hydrogen) atoms. The summed E-state index contributed by atoms with van der Waals surface area (Å²) >= 11 is 0. The number of nitrogens with one attached hydrogen (secondary N) is 1. The molecule has 0 aliphatic heterocycles. The molecule has 3 rings (SSSR count). The van der Waals surface area contributed by atoms with Crippen molar-refractivity contribution in [2.24, 2.45) is 0 Å². The van der Waals surface area contributed by atoms with Gasteiger partial charge in [0.05, 0.1) is 0 Å². The van der Waals surface area contributed by atoms with Crippen LogP contribution < -0.4 is 5.32 Å². The lowest BCUT2D eigenvalue weighted by molar-refractivity contribution is 0.834. The van der Waals surface area contributed by atoms with E-state index in [1.165, 1.54) is 40.8 Å². The van der Waals surface area contributed by atoms with Gasteiger partial charge < -0.3 is 5.32 Å². The molecule has 0 saturated carbocycles. The fourth-order valence-corrected chi connectivity index (χ4v) is 2.87. The quantitative estimate of drug-likeness (QED) is 0.532. The van der Waals surface area contributed by atoms with Crippen LogP contribution in [0.4, 0.5) is 5.69 Å². The van der Waals surface area contributed by atoms with Crippen molar-refractivity contribution in [1.29, 1.82) is 0 Å². The van der Waals surface area contributed by atoms with Gasteiger partial charge in [-0.05, 0) is 29.2 Å². The summed E-state index contributed by atoms with van der Waals surface area (Å²) in [6, 6.07) is 27.8. The zero-order valence-corrected chi connectivity index (χ0v) is 13.6. The third kappa shape index (κ3) is 3.62. The Morgan fingerprint density at radius 1 is 0.696 bits per heavy atom. The number of rotatable bonds is 6. The van der Waals surface area contributed by atoms with Gasteiger partial charge in [-0.3, -0.25) is 0 Å². The molecule has 116 valence electrons. The van der Waals surface area contributed by atoms with E-state index in [-0.39, 0.29) is 0 Å². The molecule has 3 aromatic carbocycles. The first-order valence-corrected chi connectivity index (χ1v) is 8.38. The summed E-state index contributed by atoms with van der Waals surface area (Å²) in [5, 5.41) is 3.62. The van der Waals surface area contributed by atoms with Gasteiger partial charge in [0, 0.05) is 17.8 Å². The fourth-order valence-electron chi connectivity index (χ4n) is 2.87. The number of unbranched alkanes of at least 4 members (excludes halogenated alkanes) is 1. The Kier molecular flexibility index (Phi) is 5.10. The summed E-state index contributed by atoms with van der Waals surface area (Å²) in [7, 11) is 0. The maximum Gasteiger partial charge on any atom is 0.0426 e. The van der Waals surface area contributed by atoms with Crippen LogP contribution >= 0.6 is 0 Å². The summed E-state index contributed by atoms with van der Waals surface area (Å²) in [6.45, 7) is 3.23. The molecule has 0 spiro atoms. The topological polar surface area (TPSA) is 12.0 Å². The minimum absolute atomic E-state index is 1.01. The fraction of sp³-hybridized carbons (Fsp3) is 0.182. The van der Waals surface area contributed by atoms with Crippen molar-refractivity contribution in [3.8, 4) is 22.3 Å². The minimum atomic E-state index is 1.01. The highest BCUT2D eigenvalue weighted by molar-refractivity contribution is 5.91. The zero-order valence-electron chi connectivity index (χ0n) is 13.6. The summed E-state index contributed by atoms with van der Waals surface area (Å²) in [5.74, 6) is 0. The second-order valence-electron chi connectivity index (χ2n) is 5.74. The highest BCUT2D eigenvalue weighted by Gasteiger charge is 2.11. The van der Waals surface area contributed by atoms with Crippen LogP contribution in [-0.4, -0.2) is 6.54 Å². The average molecular weight is 301 g/mol. The highest BCUT2D eigenvalue weighted by Crippen LogP contribution is 2.37. The van der Waals surface area contributed by atoms with Gasteiger partial charge in [-0.15, -0.1) is 0 Å². The molecule has 0 aliphatic carbocycles. The largest absolute Gasteiger partial charge is 0.385 e. The Morgan fingerprint density at radius 3 is 2.00 bits per heavy atom. The summed E-state index contributed by atoms with van der Waals surface area (Å²) < 4.78 is 0. The minimum Gasteiger partial charge on any atom is -0.385 e. The highest BCUT2D eigenvalue weighted by atomic mass is 14.9. The Hall–Kier alpha value is -2.54.